The molecule has 0 aliphatic carbocycles. The molecule has 1 N–H and O–H groups in total. The molecule has 1 amide bonds. The zero-order valence-corrected chi connectivity index (χ0v) is 14.6. The van der Waals surface area contributed by atoms with Crippen molar-refractivity contribution < 1.29 is 9.59 Å². The van der Waals surface area contributed by atoms with Crippen molar-refractivity contribution in [2.45, 2.75) is 26.3 Å². The van der Waals surface area contributed by atoms with E-state index in [0.717, 1.165) is 0 Å². The molecule has 0 saturated carbocycles. The van der Waals surface area contributed by atoms with E-state index in [1.54, 1.807) is 42.5 Å². The number of carbonyl (C=O) groups excluding carboxylic acids is 2. The number of aromatic nitrogens is 2. The molecule has 0 aliphatic rings. The monoisotopic (exact) mass is 349 g/mol. The van der Waals surface area contributed by atoms with Crippen LogP contribution in [-0.4, -0.2) is 21.2 Å². The summed E-state index contributed by atoms with van der Waals surface area (Å²) in [6, 6.07) is 13.1. The van der Waals surface area contributed by atoms with Gasteiger partial charge in [-0.1, -0.05) is 31.2 Å². The van der Waals surface area contributed by atoms with Gasteiger partial charge >= 0.3 is 0 Å². The second-order valence-corrected chi connectivity index (χ2v) is 6.02. The lowest BCUT2D eigenvalue weighted by atomic mass is 10.1. The first-order valence-electron chi connectivity index (χ1n) is 8.39. The summed E-state index contributed by atoms with van der Waals surface area (Å²) < 4.78 is 1.35. The van der Waals surface area contributed by atoms with Crippen LogP contribution in [0.3, 0.4) is 0 Å². The Kier molecular flexibility index (Phi) is 4.93. The predicted octanol–water partition coefficient (Wildman–Crippen LogP) is 3.19. The fraction of sp³-hybridized carbons (Fsp3) is 0.200. The highest BCUT2D eigenvalue weighted by Crippen LogP contribution is 2.17. The summed E-state index contributed by atoms with van der Waals surface area (Å²) in [5.74, 6) is -0.407. The summed E-state index contributed by atoms with van der Waals surface area (Å²) in [6.45, 7) is 3.30. The molecule has 2 aromatic carbocycles. The fourth-order valence-corrected chi connectivity index (χ4v) is 2.85. The summed E-state index contributed by atoms with van der Waals surface area (Å²) in [6.07, 6.45) is 1.84. The van der Waals surface area contributed by atoms with Crippen LogP contribution >= 0.6 is 0 Å². The Morgan fingerprint density at radius 1 is 1.15 bits per heavy atom. The smallest absolute Gasteiger partial charge is 0.261 e. The molecule has 0 aliphatic heterocycles. The maximum absolute atomic E-state index is 12.7. The summed E-state index contributed by atoms with van der Waals surface area (Å²) in [7, 11) is 0. The number of carbonyl (C=O) groups is 2. The maximum Gasteiger partial charge on any atom is 0.261 e. The van der Waals surface area contributed by atoms with E-state index in [0.29, 0.717) is 28.6 Å². The maximum atomic E-state index is 12.7. The zero-order chi connectivity index (χ0) is 18.7. The molecule has 3 aromatic rings. The highest BCUT2D eigenvalue weighted by atomic mass is 16.2. The molecule has 1 aromatic heterocycles. The molecule has 132 valence electrons. The van der Waals surface area contributed by atoms with Crippen molar-refractivity contribution in [2.75, 3.05) is 5.32 Å². The normalized spacial score (nSPS) is 11.9. The molecule has 0 fully saturated rings. The SMILES string of the molecule is CC[C@@H](C(=O)Nc1cccc(C(C)=O)c1)n1cnc2ccccc2c1=O. The Balaban J connectivity index is 1.93. The molecule has 0 bridgehead atoms. The van der Waals surface area contributed by atoms with Crippen LogP contribution in [0.25, 0.3) is 10.9 Å². The number of nitrogens with zero attached hydrogens (tertiary/aromatic N) is 2. The van der Waals surface area contributed by atoms with E-state index in [1.165, 1.54) is 17.8 Å². The number of hydrogen-bond acceptors (Lipinski definition) is 4. The van der Waals surface area contributed by atoms with E-state index in [9.17, 15) is 14.4 Å². The number of para-hydroxylation sites is 1. The third kappa shape index (κ3) is 3.39. The molecule has 0 radical (unpaired) electrons. The van der Waals surface area contributed by atoms with Gasteiger partial charge < -0.3 is 5.32 Å². The number of nitrogens with one attached hydrogen (secondary N) is 1. The highest BCUT2D eigenvalue weighted by Gasteiger charge is 2.21. The van der Waals surface area contributed by atoms with Crippen molar-refractivity contribution in [1.82, 2.24) is 9.55 Å². The van der Waals surface area contributed by atoms with Gasteiger partial charge in [-0.05, 0) is 37.6 Å². The summed E-state index contributed by atoms with van der Waals surface area (Å²) in [5, 5.41) is 3.26. The van der Waals surface area contributed by atoms with Crippen molar-refractivity contribution in [3.63, 3.8) is 0 Å². The van der Waals surface area contributed by atoms with E-state index >= 15 is 0 Å². The third-order valence-corrected chi connectivity index (χ3v) is 4.25. The van der Waals surface area contributed by atoms with Crippen molar-refractivity contribution in [1.29, 1.82) is 0 Å². The van der Waals surface area contributed by atoms with Crippen molar-refractivity contribution in [3.8, 4) is 0 Å². The zero-order valence-electron chi connectivity index (χ0n) is 14.6. The van der Waals surface area contributed by atoms with Gasteiger partial charge in [0.15, 0.2) is 5.78 Å². The average Bonchev–Trinajstić information content (AvgIpc) is 2.64. The quantitative estimate of drug-likeness (QED) is 0.717. The topological polar surface area (TPSA) is 81.1 Å². The van der Waals surface area contributed by atoms with Crippen LogP contribution in [0.2, 0.25) is 0 Å². The molecule has 0 unspecified atom stereocenters. The minimum absolute atomic E-state index is 0.0805. The minimum Gasteiger partial charge on any atom is -0.324 e. The Bertz CT molecular complexity index is 1040. The molecular weight excluding hydrogens is 330 g/mol. The Labute approximate surface area is 150 Å². The molecule has 3 rings (SSSR count). The lowest BCUT2D eigenvalue weighted by Crippen LogP contribution is -2.33. The van der Waals surface area contributed by atoms with Gasteiger partial charge in [-0.15, -0.1) is 0 Å². The third-order valence-electron chi connectivity index (χ3n) is 4.25. The van der Waals surface area contributed by atoms with Crippen LogP contribution < -0.4 is 10.9 Å². The Hall–Kier alpha value is -3.28. The molecule has 26 heavy (non-hydrogen) atoms. The number of rotatable bonds is 5. The molecular formula is C20H19N3O3. The Morgan fingerprint density at radius 3 is 2.65 bits per heavy atom. The first kappa shape index (κ1) is 17.5. The molecule has 0 spiro atoms. The van der Waals surface area contributed by atoms with E-state index in [2.05, 4.69) is 10.3 Å². The van der Waals surface area contributed by atoms with Gasteiger partial charge in [-0.25, -0.2) is 4.98 Å². The van der Waals surface area contributed by atoms with Crippen LogP contribution in [0.1, 0.15) is 36.7 Å². The number of hydrogen-bond donors (Lipinski definition) is 1. The van der Waals surface area contributed by atoms with Crippen LogP contribution in [0.15, 0.2) is 59.7 Å². The van der Waals surface area contributed by atoms with E-state index < -0.39 is 6.04 Å². The van der Waals surface area contributed by atoms with E-state index in [1.807, 2.05) is 13.0 Å². The lowest BCUT2D eigenvalue weighted by molar-refractivity contribution is -0.119. The summed E-state index contributed by atoms with van der Waals surface area (Å²) in [4.78, 5) is 41.2. The van der Waals surface area contributed by atoms with Crippen molar-refractivity contribution >= 4 is 28.3 Å². The van der Waals surface area contributed by atoms with Crippen molar-refractivity contribution in [3.05, 3.63) is 70.8 Å². The van der Waals surface area contributed by atoms with Crippen LogP contribution in [0.5, 0.6) is 0 Å². The number of anilines is 1. The van der Waals surface area contributed by atoms with Crippen molar-refractivity contribution in [2.24, 2.45) is 0 Å². The van der Waals surface area contributed by atoms with E-state index in [-0.39, 0.29) is 17.2 Å². The largest absolute Gasteiger partial charge is 0.324 e. The second-order valence-electron chi connectivity index (χ2n) is 6.02. The van der Waals surface area contributed by atoms with Gasteiger partial charge in [0.25, 0.3) is 5.56 Å². The predicted molar refractivity (Wildman–Crippen MR) is 100 cm³/mol. The van der Waals surface area contributed by atoms with Crippen LogP contribution in [0.4, 0.5) is 5.69 Å². The molecule has 1 heterocycles. The average molecular weight is 349 g/mol. The highest BCUT2D eigenvalue weighted by molar-refractivity contribution is 5.98. The summed E-state index contributed by atoms with van der Waals surface area (Å²) >= 11 is 0. The molecule has 6 nitrogen and oxygen atoms in total. The van der Waals surface area contributed by atoms with Crippen LogP contribution in [-0.2, 0) is 4.79 Å². The number of ketones is 1. The van der Waals surface area contributed by atoms with Crippen LogP contribution in [0, 0.1) is 0 Å². The fourth-order valence-electron chi connectivity index (χ4n) is 2.85. The lowest BCUT2D eigenvalue weighted by Gasteiger charge is -2.18. The Morgan fingerprint density at radius 2 is 1.92 bits per heavy atom. The van der Waals surface area contributed by atoms with E-state index in [4.69, 9.17) is 0 Å². The first-order valence-corrected chi connectivity index (χ1v) is 8.39. The van der Waals surface area contributed by atoms with Gasteiger partial charge in [0.05, 0.1) is 17.2 Å². The number of benzene rings is 2. The first-order chi connectivity index (χ1) is 12.5. The number of Topliss-reactive ketones (excluding diaryl/α,β-unsaturated/α-hetero) is 1. The molecule has 0 saturated heterocycles. The van der Waals surface area contributed by atoms with Gasteiger partial charge in [0.2, 0.25) is 5.91 Å². The van der Waals surface area contributed by atoms with Gasteiger partial charge in [0, 0.05) is 11.3 Å². The standard InChI is InChI=1S/C20H19N3O3/c1-3-18(19(25)22-15-8-6-7-14(11-15)13(2)24)23-12-21-17-10-5-4-9-16(17)20(23)26/h4-12,18H,3H2,1-2H3,(H,22,25)/t18-/m0/s1. The van der Waals surface area contributed by atoms with Gasteiger partial charge in [-0.2, -0.15) is 0 Å². The molecule has 1 atom stereocenters. The number of fused-ring (bicyclic) bond motifs is 1. The van der Waals surface area contributed by atoms with Gasteiger partial charge in [-0.3, -0.25) is 19.0 Å². The van der Waals surface area contributed by atoms with Gasteiger partial charge in [0.1, 0.15) is 6.04 Å². The molecule has 6 heteroatoms. The number of amides is 1. The minimum atomic E-state index is -0.694. The second kappa shape index (κ2) is 7.31. The summed E-state index contributed by atoms with van der Waals surface area (Å²) in [5.41, 5.74) is 1.37.